The Morgan fingerprint density at radius 1 is 1.07 bits per heavy atom. The highest BCUT2D eigenvalue weighted by atomic mass is 16.5. The third-order valence-electron chi connectivity index (χ3n) is 4.98. The normalized spacial score (nSPS) is 10.9. The monoisotopic (exact) mass is 391 g/mol. The summed E-state index contributed by atoms with van der Waals surface area (Å²) in [5.74, 6) is -0.265. The van der Waals surface area contributed by atoms with E-state index in [0.29, 0.717) is 6.61 Å². The van der Waals surface area contributed by atoms with Crippen molar-refractivity contribution in [3.63, 3.8) is 0 Å². The molecular formula is C24H29N3O2. The first kappa shape index (κ1) is 20.8. The van der Waals surface area contributed by atoms with Gasteiger partial charge in [0.05, 0.1) is 12.3 Å². The number of carbonyl (C=O) groups is 1. The molecular weight excluding hydrogens is 362 g/mol. The Hall–Kier alpha value is -2.92. The number of carbonyl (C=O) groups excluding carboxylic acids is 1. The minimum atomic E-state index is -0.265. The molecule has 5 nitrogen and oxygen atoms in total. The van der Waals surface area contributed by atoms with Crippen LogP contribution in [-0.4, -0.2) is 22.4 Å². The van der Waals surface area contributed by atoms with Crippen LogP contribution in [0.25, 0.3) is 11.1 Å². The number of aryl methyl sites for hydroxylation is 2. The highest BCUT2D eigenvalue weighted by Gasteiger charge is 2.18. The van der Waals surface area contributed by atoms with Crippen molar-refractivity contribution in [3.05, 3.63) is 76.6 Å². The number of rotatable bonds is 8. The molecule has 0 aliphatic carbocycles. The molecule has 29 heavy (non-hydrogen) atoms. The summed E-state index contributed by atoms with van der Waals surface area (Å²) in [5.41, 5.74) is 7.84. The molecule has 3 aromatic rings. The quantitative estimate of drug-likeness (QED) is 0.581. The molecule has 1 heterocycles. The van der Waals surface area contributed by atoms with Crippen LogP contribution in [0.2, 0.25) is 0 Å². The van der Waals surface area contributed by atoms with Crippen LogP contribution in [-0.2, 0) is 29.2 Å². The van der Waals surface area contributed by atoms with Gasteiger partial charge in [-0.1, -0.05) is 54.1 Å². The number of esters is 1. The highest BCUT2D eigenvalue weighted by molar-refractivity contribution is 5.74. The van der Waals surface area contributed by atoms with Crippen LogP contribution in [0.15, 0.2) is 48.5 Å². The van der Waals surface area contributed by atoms with Crippen molar-refractivity contribution in [3.8, 4) is 11.1 Å². The Balaban J connectivity index is 1.85. The molecule has 152 valence electrons. The van der Waals surface area contributed by atoms with Gasteiger partial charge in [0.2, 0.25) is 0 Å². The van der Waals surface area contributed by atoms with Gasteiger partial charge in [0.1, 0.15) is 6.54 Å². The minimum Gasteiger partial charge on any atom is -0.465 e. The maximum atomic E-state index is 11.9. The molecule has 3 rings (SSSR count). The summed E-state index contributed by atoms with van der Waals surface area (Å²) in [4.78, 5) is 11.9. The lowest BCUT2D eigenvalue weighted by molar-refractivity contribution is -0.144. The predicted octanol–water partition coefficient (Wildman–Crippen LogP) is 4.33. The molecule has 0 unspecified atom stereocenters. The van der Waals surface area contributed by atoms with Gasteiger partial charge in [0.15, 0.2) is 0 Å². The van der Waals surface area contributed by atoms with E-state index in [1.165, 1.54) is 16.7 Å². The zero-order valence-corrected chi connectivity index (χ0v) is 17.7. The van der Waals surface area contributed by atoms with E-state index in [0.717, 1.165) is 35.6 Å². The molecule has 0 fully saturated rings. The SMILES string of the molecule is CCOC(=O)Cn1nc(C)c(-c2ccc(C)cc2CNCc2ccccc2)c1C. The molecule has 0 saturated carbocycles. The first-order valence-corrected chi connectivity index (χ1v) is 10.0. The van der Waals surface area contributed by atoms with Crippen LogP contribution < -0.4 is 5.32 Å². The molecule has 5 heteroatoms. The van der Waals surface area contributed by atoms with Gasteiger partial charge in [-0.15, -0.1) is 0 Å². The van der Waals surface area contributed by atoms with E-state index in [4.69, 9.17) is 4.74 Å². The van der Waals surface area contributed by atoms with Gasteiger partial charge in [-0.05, 0) is 44.4 Å². The van der Waals surface area contributed by atoms with E-state index in [9.17, 15) is 4.79 Å². The maximum absolute atomic E-state index is 11.9. The molecule has 2 aromatic carbocycles. The number of ether oxygens (including phenoxy) is 1. The fourth-order valence-corrected chi connectivity index (χ4v) is 3.62. The summed E-state index contributed by atoms with van der Waals surface area (Å²) in [6.07, 6.45) is 0. The van der Waals surface area contributed by atoms with E-state index < -0.39 is 0 Å². The van der Waals surface area contributed by atoms with E-state index in [1.54, 1.807) is 4.68 Å². The fourth-order valence-electron chi connectivity index (χ4n) is 3.62. The molecule has 0 aliphatic heterocycles. The third-order valence-corrected chi connectivity index (χ3v) is 4.98. The lowest BCUT2D eigenvalue weighted by Gasteiger charge is -2.13. The van der Waals surface area contributed by atoms with Gasteiger partial charge >= 0.3 is 5.97 Å². The summed E-state index contributed by atoms with van der Waals surface area (Å²) in [7, 11) is 0. The van der Waals surface area contributed by atoms with Gasteiger partial charge in [-0.3, -0.25) is 9.48 Å². The first-order valence-electron chi connectivity index (χ1n) is 10.0. The second-order valence-corrected chi connectivity index (χ2v) is 7.26. The van der Waals surface area contributed by atoms with Gasteiger partial charge in [-0.25, -0.2) is 0 Å². The van der Waals surface area contributed by atoms with Crippen LogP contribution in [0.5, 0.6) is 0 Å². The van der Waals surface area contributed by atoms with Crippen LogP contribution in [0.4, 0.5) is 0 Å². The highest BCUT2D eigenvalue weighted by Crippen LogP contribution is 2.31. The topological polar surface area (TPSA) is 56.2 Å². The molecule has 0 atom stereocenters. The van der Waals surface area contributed by atoms with E-state index >= 15 is 0 Å². The lowest BCUT2D eigenvalue weighted by Crippen LogP contribution is -2.15. The Morgan fingerprint density at radius 3 is 2.55 bits per heavy atom. The summed E-state index contributed by atoms with van der Waals surface area (Å²) in [5, 5.41) is 8.14. The Bertz CT molecular complexity index is 977. The second-order valence-electron chi connectivity index (χ2n) is 7.26. The Morgan fingerprint density at radius 2 is 1.83 bits per heavy atom. The Kier molecular flexibility index (Phi) is 6.83. The van der Waals surface area contributed by atoms with Gasteiger partial charge in [0, 0.05) is 24.3 Å². The van der Waals surface area contributed by atoms with Crippen molar-refractivity contribution < 1.29 is 9.53 Å². The Labute approximate surface area is 172 Å². The number of benzene rings is 2. The first-order chi connectivity index (χ1) is 14.0. The van der Waals surface area contributed by atoms with Crippen molar-refractivity contribution in [1.82, 2.24) is 15.1 Å². The summed E-state index contributed by atoms with van der Waals surface area (Å²) in [6, 6.07) is 16.9. The van der Waals surface area contributed by atoms with Crippen molar-refractivity contribution >= 4 is 5.97 Å². The van der Waals surface area contributed by atoms with E-state index in [1.807, 2.05) is 26.8 Å². The summed E-state index contributed by atoms with van der Waals surface area (Å²) in [6.45, 7) is 10.00. The number of aromatic nitrogens is 2. The average molecular weight is 392 g/mol. The van der Waals surface area contributed by atoms with Crippen molar-refractivity contribution in [1.29, 1.82) is 0 Å². The van der Waals surface area contributed by atoms with Crippen molar-refractivity contribution in [2.45, 2.75) is 47.3 Å². The number of nitrogens with zero attached hydrogens (tertiary/aromatic N) is 2. The molecule has 0 radical (unpaired) electrons. The molecule has 0 bridgehead atoms. The standard InChI is InChI=1S/C24H29N3O2/c1-5-29-23(28)16-27-19(4)24(18(3)26-27)22-12-11-17(2)13-21(22)15-25-14-20-9-7-6-8-10-20/h6-13,25H,5,14-16H2,1-4H3. The zero-order valence-electron chi connectivity index (χ0n) is 17.7. The smallest absolute Gasteiger partial charge is 0.327 e. The molecule has 1 N–H and O–H groups in total. The minimum absolute atomic E-state index is 0.133. The van der Waals surface area contributed by atoms with Gasteiger partial charge in [-0.2, -0.15) is 5.10 Å². The lowest BCUT2D eigenvalue weighted by atomic mass is 9.96. The zero-order chi connectivity index (χ0) is 20.8. The summed E-state index contributed by atoms with van der Waals surface area (Å²) < 4.78 is 6.82. The van der Waals surface area contributed by atoms with Crippen LogP contribution >= 0.6 is 0 Å². The molecule has 0 aliphatic rings. The molecule has 1 aromatic heterocycles. The average Bonchev–Trinajstić information content (AvgIpc) is 2.96. The van der Waals surface area contributed by atoms with Gasteiger partial charge < -0.3 is 10.1 Å². The van der Waals surface area contributed by atoms with Crippen molar-refractivity contribution in [2.24, 2.45) is 0 Å². The number of nitrogens with one attached hydrogen (secondary N) is 1. The fraction of sp³-hybridized carbons (Fsp3) is 0.333. The van der Waals surface area contributed by atoms with E-state index in [2.05, 4.69) is 59.8 Å². The molecule has 0 saturated heterocycles. The second kappa shape index (κ2) is 9.52. The largest absolute Gasteiger partial charge is 0.465 e. The predicted molar refractivity (Wildman–Crippen MR) is 115 cm³/mol. The number of hydrogen-bond acceptors (Lipinski definition) is 4. The van der Waals surface area contributed by atoms with E-state index in [-0.39, 0.29) is 12.5 Å². The number of hydrogen-bond donors (Lipinski definition) is 1. The summed E-state index contributed by atoms with van der Waals surface area (Å²) >= 11 is 0. The maximum Gasteiger partial charge on any atom is 0.327 e. The molecule has 0 spiro atoms. The van der Waals surface area contributed by atoms with Crippen LogP contribution in [0.3, 0.4) is 0 Å². The third kappa shape index (κ3) is 5.12. The van der Waals surface area contributed by atoms with Crippen LogP contribution in [0, 0.1) is 20.8 Å². The van der Waals surface area contributed by atoms with Crippen LogP contribution in [0.1, 0.15) is 35.0 Å². The van der Waals surface area contributed by atoms with Gasteiger partial charge in [0.25, 0.3) is 0 Å². The van der Waals surface area contributed by atoms with Crippen molar-refractivity contribution in [2.75, 3.05) is 6.61 Å². The molecule has 0 amide bonds.